The van der Waals surface area contributed by atoms with E-state index in [1.807, 2.05) is 31.2 Å². The second kappa shape index (κ2) is 9.95. The maximum atomic E-state index is 13.4. The zero-order valence-corrected chi connectivity index (χ0v) is 19.6. The molecule has 34 heavy (non-hydrogen) atoms. The van der Waals surface area contributed by atoms with Gasteiger partial charge in [0.25, 0.3) is 5.91 Å². The van der Waals surface area contributed by atoms with Gasteiger partial charge in [-0.2, -0.15) is 0 Å². The molecular formula is C27H28N2O5. The van der Waals surface area contributed by atoms with Gasteiger partial charge in [0.2, 0.25) is 5.91 Å². The summed E-state index contributed by atoms with van der Waals surface area (Å²) in [6.07, 6.45) is 1.42. The van der Waals surface area contributed by atoms with E-state index < -0.39 is 5.97 Å². The summed E-state index contributed by atoms with van der Waals surface area (Å²) in [6, 6.07) is 16.3. The van der Waals surface area contributed by atoms with Crippen LogP contribution in [0.1, 0.15) is 39.1 Å². The molecule has 0 radical (unpaired) electrons. The third-order valence-electron chi connectivity index (χ3n) is 6.33. The molecule has 7 nitrogen and oxygen atoms in total. The number of fused-ring (bicyclic) bond motifs is 1. The summed E-state index contributed by atoms with van der Waals surface area (Å²) in [7, 11) is 2.93. The summed E-state index contributed by atoms with van der Waals surface area (Å²) in [5.74, 6) is -0.352. The Morgan fingerprint density at radius 3 is 2.50 bits per heavy atom. The Bertz CT molecular complexity index is 1250. The molecule has 3 aromatic carbocycles. The van der Waals surface area contributed by atoms with Crippen molar-refractivity contribution in [2.75, 3.05) is 32.6 Å². The Balaban J connectivity index is 1.52. The van der Waals surface area contributed by atoms with Crippen LogP contribution < -0.4 is 10.1 Å². The number of piperidine rings is 1. The summed E-state index contributed by atoms with van der Waals surface area (Å²) in [5, 5.41) is 4.65. The number of hydrogen-bond donors (Lipinski definition) is 1. The molecule has 0 aliphatic carbocycles. The molecule has 2 amide bonds. The van der Waals surface area contributed by atoms with Crippen LogP contribution >= 0.6 is 0 Å². The van der Waals surface area contributed by atoms with Crippen LogP contribution in [0.3, 0.4) is 0 Å². The molecule has 0 spiro atoms. The fourth-order valence-electron chi connectivity index (χ4n) is 4.42. The number of nitrogens with zero attached hydrogens (tertiary/aromatic N) is 1. The monoisotopic (exact) mass is 460 g/mol. The van der Waals surface area contributed by atoms with Crippen molar-refractivity contribution in [1.29, 1.82) is 0 Å². The number of anilines is 1. The van der Waals surface area contributed by atoms with Crippen LogP contribution in [0.15, 0.2) is 54.6 Å². The number of hydrogen-bond acceptors (Lipinski definition) is 5. The fraction of sp³-hybridized carbons (Fsp3) is 0.296. The molecule has 1 atom stereocenters. The number of carbonyl (C=O) groups is 3. The molecule has 7 heteroatoms. The van der Waals surface area contributed by atoms with Crippen LogP contribution in [0.4, 0.5) is 5.69 Å². The maximum absolute atomic E-state index is 13.4. The minimum absolute atomic E-state index is 0.0970. The molecule has 3 aromatic rings. The number of likely N-dealkylation sites (tertiary alicyclic amines) is 1. The highest BCUT2D eigenvalue weighted by molar-refractivity contribution is 6.09. The number of methoxy groups -OCH3 is 2. The summed E-state index contributed by atoms with van der Waals surface area (Å²) >= 11 is 0. The zero-order valence-electron chi connectivity index (χ0n) is 19.6. The molecule has 0 saturated carbocycles. The lowest BCUT2D eigenvalue weighted by molar-refractivity contribution is -0.121. The molecule has 176 valence electrons. The first kappa shape index (κ1) is 23.3. The van der Waals surface area contributed by atoms with Crippen LogP contribution in [0.5, 0.6) is 5.75 Å². The first-order valence-electron chi connectivity index (χ1n) is 11.3. The highest BCUT2D eigenvalue weighted by atomic mass is 16.5. The van der Waals surface area contributed by atoms with E-state index in [1.165, 1.54) is 7.11 Å². The molecule has 0 aromatic heterocycles. The summed E-state index contributed by atoms with van der Waals surface area (Å²) in [4.78, 5) is 40.2. The van der Waals surface area contributed by atoms with Gasteiger partial charge in [-0.05, 0) is 55.0 Å². The number of rotatable bonds is 5. The van der Waals surface area contributed by atoms with Crippen molar-refractivity contribution < 1.29 is 23.9 Å². The van der Waals surface area contributed by atoms with Gasteiger partial charge in [0.15, 0.2) is 0 Å². The van der Waals surface area contributed by atoms with Gasteiger partial charge in [-0.15, -0.1) is 0 Å². The van der Waals surface area contributed by atoms with Crippen LogP contribution in [0.25, 0.3) is 10.8 Å². The number of carbonyl (C=O) groups excluding carboxylic acids is 3. The standard InChI is InChI=1S/C27H28N2O5/c1-17-10-11-18(27(32)34-3)15-23(17)28-25(30)19-7-6-14-29(16-19)26(31)22-12-13-24(33-2)21-9-5-4-8-20(21)22/h4-5,8-13,15,19H,6-7,14,16H2,1-3H3,(H,28,30). The van der Waals surface area contributed by atoms with E-state index in [4.69, 9.17) is 9.47 Å². The zero-order chi connectivity index (χ0) is 24.2. The first-order chi connectivity index (χ1) is 16.4. The Hall–Kier alpha value is -3.87. The van der Waals surface area contributed by atoms with Crippen molar-refractivity contribution in [3.8, 4) is 5.75 Å². The smallest absolute Gasteiger partial charge is 0.337 e. The molecule has 1 N–H and O–H groups in total. The number of nitrogens with one attached hydrogen (secondary N) is 1. The topological polar surface area (TPSA) is 84.9 Å². The Kier molecular flexibility index (Phi) is 6.82. The number of esters is 1. The fourth-order valence-corrected chi connectivity index (χ4v) is 4.42. The van der Waals surface area contributed by atoms with E-state index in [0.29, 0.717) is 42.1 Å². The van der Waals surface area contributed by atoms with Crippen molar-refractivity contribution in [1.82, 2.24) is 4.90 Å². The second-order valence-corrected chi connectivity index (χ2v) is 8.46. The Morgan fingerprint density at radius 2 is 1.76 bits per heavy atom. The second-order valence-electron chi connectivity index (χ2n) is 8.46. The first-order valence-corrected chi connectivity index (χ1v) is 11.3. The average Bonchev–Trinajstić information content (AvgIpc) is 2.88. The number of aryl methyl sites for hydroxylation is 1. The molecule has 1 aliphatic rings. The van der Waals surface area contributed by atoms with Gasteiger partial charge in [0.1, 0.15) is 5.75 Å². The molecular weight excluding hydrogens is 432 g/mol. The minimum atomic E-state index is -0.461. The van der Waals surface area contributed by atoms with Gasteiger partial charge in [-0.3, -0.25) is 9.59 Å². The Labute approximate surface area is 198 Å². The van der Waals surface area contributed by atoms with Gasteiger partial charge in [0, 0.05) is 29.7 Å². The van der Waals surface area contributed by atoms with E-state index in [2.05, 4.69) is 5.32 Å². The predicted octanol–water partition coefficient (Wildman–Crippen LogP) is 4.43. The highest BCUT2D eigenvalue weighted by Gasteiger charge is 2.30. The van der Waals surface area contributed by atoms with Gasteiger partial charge in [0.05, 0.1) is 25.7 Å². The molecule has 1 heterocycles. The number of amides is 2. The van der Waals surface area contributed by atoms with Crippen molar-refractivity contribution in [2.24, 2.45) is 5.92 Å². The predicted molar refractivity (Wildman–Crippen MR) is 130 cm³/mol. The summed E-state index contributed by atoms with van der Waals surface area (Å²) < 4.78 is 10.2. The quantitative estimate of drug-likeness (QED) is 0.569. The van der Waals surface area contributed by atoms with Gasteiger partial charge in [-0.1, -0.05) is 30.3 Å². The largest absolute Gasteiger partial charge is 0.496 e. The lowest BCUT2D eigenvalue weighted by Gasteiger charge is -2.32. The van der Waals surface area contributed by atoms with Crippen LogP contribution in [0, 0.1) is 12.8 Å². The molecule has 0 bridgehead atoms. The lowest BCUT2D eigenvalue weighted by atomic mass is 9.95. The Morgan fingerprint density at radius 1 is 1.00 bits per heavy atom. The van der Waals surface area contributed by atoms with Crippen molar-refractivity contribution >= 4 is 34.2 Å². The van der Waals surface area contributed by atoms with Gasteiger partial charge in [-0.25, -0.2) is 4.79 Å². The minimum Gasteiger partial charge on any atom is -0.496 e. The van der Waals surface area contributed by atoms with E-state index >= 15 is 0 Å². The molecule has 4 rings (SSSR count). The van der Waals surface area contributed by atoms with E-state index in [0.717, 1.165) is 22.8 Å². The van der Waals surface area contributed by atoms with Crippen molar-refractivity contribution in [3.05, 3.63) is 71.3 Å². The molecule has 1 saturated heterocycles. The molecule has 1 aliphatic heterocycles. The molecule has 1 unspecified atom stereocenters. The third kappa shape index (κ3) is 4.59. The maximum Gasteiger partial charge on any atom is 0.337 e. The highest BCUT2D eigenvalue weighted by Crippen LogP contribution is 2.30. The summed E-state index contributed by atoms with van der Waals surface area (Å²) in [6.45, 7) is 2.79. The lowest BCUT2D eigenvalue weighted by Crippen LogP contribution is -2.43. The van der Waals surface area contributed by atoms with E-state index in [9.17, 15) is 14.4 Å². The molecule has 1 fully saturated rings. The van der Waals surface area contributed by atoms with E-state index in [1.54, 1.807) is 42.3 Å². The van der Waals surface area contributed by atoms with Crippen molar-refractivity contribution in [2.45, 2.75) is 19.8 Å². The van der Waals surface area contributed by atoms with Gasteiger partial charge < -0.3 is 19.7 Å². The normalized spacial score (nSPS) is 15.6. The van der Waals surface area contributed by atoms with Crippen molar-refractivity contribution in [3.63, 3.8) is 0 Å². The SMILES string of the molecule is COC(=O)c1ccc(C)c(NC(=O)C2CCCN(C(=O)c3ccc(OC)c4ccccc34)C2)c1. The van der Waals surface area contributed by atoms with Crippen LogP contribution in [-0.4, -0.2) is 50.0 Å². The van der Waals surface area contributed by atoms with Gasteiger partial charge >= 0.3 is 5.97 Å². The summed E-state index contributed by atoms with van der Waals surface area (Å²) in [5.41, 5.74) is 2.38. The van der Waals surface area contributed by atoms with Crippen LogP contribution in [-0.2, 0) is 9.53 Å². The van der Waals surface area contributed by atoms with Crippen LogP contribution in [0.2, 0.25) is 0 Å². The third-order valence-corrected chi connectivity index (χ3v) is 6.33. The number of ether oxygens (including phenoxy) is 2. The average molecular weight is 461 g/mol. The number of benzene rings is 3. The van der Waals surface area contributed by atoms with E-state index in [-0.39, 0.29) is 17.7 Å².